The average Bonchev–Trinajstić information content (AvgIpc) is 3.37. The van der Waals surface area contributed by atoms with Crippen LogP contribution in [0.4, 0.5) is 5.69 Å². The second kappa shape index (κ2) is 8.28. The molecule has 0 radical (unpaired) electrons. The molecule has 8 heteroatoms. The fraction of sp³-hybridized carbons (Fsp3) is 0.524. The second-order valence-electron chi connectivity index (χ2n) is 8.04. The lowest BCUT2D eigenvalue weighted by atomic mass is 9.94. The Kier molecular flexibility index (Phi) is 5.74. The van der Waals surface area contributed by atoms with Crippen molar-refractivity contribution >= 4 is 27.6 Å². The van der Waals surface area contributed by atoms with Crippen LogP contribution >= 0.6 is 0 Å². The topological polar surface area (TPSA) is 92.8 Å². The van der Waals surface area contributed by atoms with Crippen LogP contribution in [0.1, 0.15) is 32.1 Å². The van der Waals surface area contributed by atoms with E-state index in [2.05, 4.69) is 17.5 Å². The molecule has 4 rings (SSSR count). The van der Waals surface area contributed by atoms with Crippen molar-refractivity contribution < 1.29 is 22.7 Å². The second-order valence-corrected chi connectivity index (χ2v) is 9.97. The summed E-state index contributed by atoms with van der Waals surface area (Å²) < 4.78 is 32.3. The van der Waals surface area contributed by atoms with E-state index in [0.29, 0.717) is 24.7 Å². The summed E-state index contributed by atoms with van der Waals surface area (Å²) in [5.41, 5.74) is 0.368. The predicted octanol–water partition coefficient (Wildman–Crippen LogP) is 2.56. The Morgan fingerprint density at radius 1 is 1.10 bits per heavy atom. The van der Waals surface area contributed by atoms with E-state index in [9.17, 15) is 18.0 Å². The minimum absolute atomic E-state index is 0.156. The molecular formula is C21H26N2O5S. The van der Waals surface area contributed by atoms with Gasteiger partial charge >= 0.3 is 5.97 Å². The highest BCUT2D eigenvalue weighted by Gasteiger charge is 2.40. The Morgan fingerprint density at radius 3 is 2.59 bits per heavy atom. The molecule has 0 aromatic heterocycles. The quantitative estimate of drug-likeness (QED) is 0.566. The highest BCUT2D eigenvalue weighted by Crippen LogP contribution is 2.43. The lowest BCUT2D eigenvalue weighted by Crippen LogP contribution is -2.35. The average molecular weight is 419 g/mol. The van der Waals surface area contributed by atoms with Gasteiger partial charge in [0.15, 0.2) is 6.61 Å². The summed E-state index contributed by atoms with van der Waals surface area (Å²) in [4.78, 5) is 24.6. The van der Waals surface area contributed by atoms with E-state index in [1.807, 2.05) is 0 Å². The fourth-order valence-corrected chi connectivity index (χ4v) is 6.04. The zero-order valence-electron chi connectivity index (χ0n) is 16.2. The zero-order chi connectivity index (χ0) is 20.4. The number of carbonyl (C=O) groups excluding carboxylic acids is 2. The van der Waals surface area contributed by atoms with E-state index in [4.69, 9.17) is 4.74 Å². The van der Waals surface area contributed by atoms with Crippen molar-refractivity contribution in [2.75, 3.05) is 25.0 Å². The SMILES string of the molecule is O=C(COC(=O)[C@@H]1C[C@H]2C=C[C@H]1C2)Nc1cccc(S(=O)(=O)N2CCCCC2)c1. The van der Waals surface area contributed by atoms with Gasteiger partial charge in [0.25, 0.3) is 5.91 Å². The predicted molar refractivity (Wildman–Crippen MR) is 107 cm³/mol. The number of fused-ring (bicyclic) bond motifs is 2. The number of rotatable bonds is 6. The number of allylic oxidation sites excluding steroid dienone is 2. The molecule has 1 saturated heterocycles. The maximum atomic E-state index is 12.8. The third-order valence-corrected chi connectivity index (χ3v) is 7.89. The number of esters is 1. The van der Waals surface area contributed by atoms with Crippen LogP contribution in [0, 0.1) is 17.8 Å². The molecule has 3 atom stereocenters. The molecule has 1 aromatic rings. The Morgan fingerprint density at radius 2 is 1.90 bits per heavy atom. The van der Waals surface area contributed by atoms with E-state index in [0.717, 1.165) is 32.1 Å². The van der Waals surface area contributed by atoms with E-state index in [-0.39, 0.29) is 29.3 Å². The molecule has 1 aromatic carbocycles. The van der Waals surface area contributed by atoms with Crippen molar-refractivity contribution in [2.24, 2.45) is 17.8 Å². The van der Waals surface area contributed by atoms with E-state index < -0.39 is 15.9 Å². The summed E-state index contributed by atoms with van der Waals surface area (Å²) >= 11 is 0. The highest BCUT2D eigenvalue weighted by atomic mass is 32.2. The smallest absolute Gasteiger partial charge is 0.310 e. The number of hydrogen-bond donors (Lipinski definition) is 1. The molecule has 7 nitrogen and oxygen atoms in total. The first kappa shape index (κ1) is 20.1. The first-order valence-corrected chi connectivity index (χ1v) is 11.6. The number of carbonyl (C=O) groups is 2. The molecule has 1 aliphatic heterocycles. The van der Waals surface area contributed by atoms with Gasteiger partial charge in [-0.05, 0) is 55.7 Å². The minimum Gasteiger partial charge on any atom is -0.455 e. The number of benzene rings is 1. The van der Waals surface area contributed by atoms with Crippen LogP contribution in [-0.2, 0) is 24.3 Å². The van der Waals surface area contributed by atoms with Crippen LogP contribution in [0.15, 0.2) is 41.3 Å². The number of hydrogen-bond acceptors (Lipinski definition) is 5. The Labute approximate surface area is 171 Å². The number of nitrogens with one attached hydrogen (secondary N) is 1. The van der Waals surface area contributed by atoms with Crippen LogP contribution in [0.2, 0.25) is 0 Å². The van der Waals surface area contributed by atoms with Crippen LogP contribution < -0.4 is 5.32 Å². The number of amides is 1. The van der Waals surface area contributed by atoms with Crippen molar-refractivity contribution in [1.82, 2.24) is 4.31 Å². The van der Waals surface area contributed by atoms with Gasteiger partial charge in [-0.3, -0.25) is 9.59 Å². The number of piperidine rings is 1. The van der Waals surface area contributed by atoms with Crippen LogP contribution in [0.3, 0.4) is 0 Å². The van der Waals surface area contributed by atoms with E-state index in [1.165, 1.54) is 16.4 Å². The number of ether oxygens (including phenoxy) is 1. The van der Waals surface area contributed by atoms with Gasteiger partial charge in [0, 0.05) is 18.8 Å². The standard InChI is InChI=1S/C21H26N2O5S/c24-20(14-28-21(25)19-12-15-7-8-16(19)11-15)22-17-5-4-6-18(13-17)29(26,27)23-9-2-1-3-10-23/h4-8,13,15-16,19H,1-3,9-12,14H2,(H,22,24)/t15-,16-,19+/m0/s1. The number of anilines is 1. The maximum Gasteiger partial charge on any atom is 0.310 e. The first-order chi connectivity index (χ1) is 13.9. The zero-order valence-corrected chi connectivity index (χ0v) is 17.1. The van der Waals surface area contributed by atoms with Crippen molar-refractivity contribution in [1.29, 1.82) is 0 Å². The number of sulfonamides is 1. The van der Waals surface area contributed by atoms with E-state index >= 15 is 0 Å². The summed E-state index contributed by atoms with van der Waals surface area (Å²) in [6, 6.07) is 6.20. The molecule has 3 aliphatic rings. The molecule has 0 unspecified atom stereocenters. The third kappa shape index (κ3) is 4.38. The fourth-order valence-electron chi connectivity index (χ4n) is 4.48. The Hall–Kier alpha value is -2.19. The number of nitrogens with zero attached hydrogens (tertiary/aromatic N) is 1. The molecule has 2 bridgehead atoms. The van der Waals surface area contributed by atoms with Gasteiger partial charge in [-0.1, -0.05) is 24.6 Å². The lowest BCUT2D eigenvalue weighted by Gasteiger charge is -2.26. The summed E-state index contributed by atoms with van der Waals surface area (Å²) in [6.07, 6.45) is 8.75. The van der Waals surface area contributed by atoms with E-state index in [1.54, 1.807) is 12.1 Å². The van der Waals surface area contributed by atoms with Gasteiger partial charge in [0.1, 0.15) is 0 Å². The first-order valence-electron chi connectivity index (χ1n) is 10.2. The van der Waals surface area contributed by atoms with Crippen molar-refractivity contribution in [3.05, 3.63) is 36.4 Å². The van der Waals surface area contributed by atoms with Crippen molar-refractivity contribution in [2.45, 2.75) is 37.0 Å². The Balaban J connectivity index is 1.33. The highest BCUT2D eigenvalue weighted by molar-refractivity contribution is 7.89. The third-order valence-electron chi connectivity index (χ3n) is 6.00. The Bertz CT molecular complexity index is 921. The summed E-state index contributed by atoms with van der Waals surface area (Å²) in [5.74, 6) is -0.290. The lowest BCUT2D eigenvalue weighted by molar-refractivity contribution is -0.152. The maximum absolute atomic E-state index is 12.8. The minimum atomic E-state index is -3.57. The summed E-state index contributed by atoms with van der Waals surface area (Å²) in [7, 11) is -3.57. The van der Waals surface area contributed by atoms with Gasteiger partial charge < -0.3 is 10.1 Å². The molecule has 1 heterocycles. The van der Waals surface area contributed by atoms with Crippen molar-refractivity contribution in [3.63, 3.8) is 0 Å². The summed E-state index contributed by atoms with van der Waals surface area (Å²) in [6.45, 7) is 0.666. The normalized spacial score (nSPS) is 26.4. The van der Waals surface area contributed by atoms with Crippen LogP contribution in [0.25, 0.3) is 0 Å². The van der Waals surface area contributed by atoms with Gasteiger partial charge in [0.05, 0.1) is 10.8 Å². The largest absolute Gasteiger partial charge is 0.455 e. The molecule has 0 spiro atoms. The van der Waals surface area contributed by atoms with Gasteiger partial charge in [0.2, 0.25) is 10.0 Å². The molecule has 2 aliphatic carbocycles. The molecule has 2 fully saturated rings. The van der Waals surface area contributed by atoms with Gasteiger partial charge in [-0.2, -0.15) is 4.31 Å². The molecular weight excluding hydrogens is 392 g/mol. The molecule has 156 valence electrons. The molecule has 29 heavy (non-hydrogen) atoms. The van der Waals surface area contributed by atoms with Crippen LogP contribution in [0.5, 0.6) is 0 Å². The molecule has 1 amide bonds. The molecule has 1 saturated carbocycles. The van der Waals surface area contributed by atoms with Crippen LogP contribution in [-0.4, -0.2) is 44.3 Å². The van der Waals surface area contributed by atoms with Gasteiger partial charge in [-0.25, -0.2) is 8.42 Å². The molecule has 1 N–H and O–H groups in total. The monoisotopic (exact) mass is 418 g/mol. The van der Waals surface area contributed by atoms with Crippen molar-refractivity contribution in [3.8, 4) is 0 Å². The summed E-state index contributed by atoms with van der Waals surface area (Å²) in [5, 5.41) is 2.62. The van der Waals surface area contributed by atoms with Gasteiger partial charge in [-0.15, -0.1) is 0 Å².